The zero-order chi connectivity index (χ0) is 23.1. The summed E-state index contributed by atoms with van der Waals surface area (Å²) in [6.45, 7) is 1.17. The van der Waals surface area contributed by atoms with Crippen LogP contribution in [-0.2, 0) is 6.18 Å². The van der Waals surface area contributed by atoms with E-state index in [1.54, 1.807) is 12.3 Å². The predicted octanol–water partition coefficient (Wildman–Crippen LogP) is 4.21. The van der Waals surface area contributed by atoms with Gasteiger partial charge in [0.05, 0.1) is 17.8 Å². The van der Waals surface area contributed by atoms with Crippen molar-refractivity contribution in [3.05, 3.63) is 72.1 Å². The third kappa shape index (κ3) is 5.42. The number of pyridine rings is 2. The SMILES string of the molecule is CN.O=Cc1cc(-c2ccccn2)ccc1N1CC[C@H](Oc2ccc(C(F)(F)F)cn2)C1. The molecule has 1 aliphatic heterocycles. The fourth-order valence-electron chi connectivity index (χ4n) is 3.46. The highest BCUT2D eigenvalue weighted by molar-refractivity contribution is 5.87. The summed E-state index contributed by atoms with van der Waals surface area (Å²) < 4.78 is 43.7. The van der Waals surface area contributed by atoms with Crippen molar-refractivity contribution in [2.75, 3.05) is 25.0 Å². The number of carbonyl (C=O) groups excluding carboxylic acids is 1. The monoisotopic (exact) mass is 444 g/mol. The van der Waals surface area contributed by atoms with Gasteiger partial charge in [-0.1, -0.05) is 12.1 Å². The first-order chi connectivity index (χ1) is 15.4. The van der Waals surface area contributed by atoms with Crippen molar-refractivity contribution in [2.45, 2.75) is 18.7 Å². The standard InChI is InChI=1S/C22H18F3N3O2.CH5N/c23-22(24,25)17-5-7-21(27-12-17)30-18-8-10-28(13-18)20-6-4-15(11-16(20)14-29)19-3-1-2-9-26-19;1-2/h1-7,9,11-12,14,18H,8,10,13H2;2H2,1H3/t18-;/m0./s1. The van der Waals surface area contributed by atoms with Gasteiger partial charge in [-0.15, -0.1) is 0 Å². The average Bonchev–Trinajstić information content (AvgIpc) is 3.28. The molecule has 0 bridgehead atoms. The van der Waals surface area contributed by atoms with Crippen LogP contribution in [0.15, 0.2) is 60.9 Å². The molecule has 0 aliphatic carbocycles. The quantitative estimate of drug-likeness (QED) is 0.594. The molecule has 32 heavy (non-hydrogen) atoms. The first-order valence-electron chi connectivity index (χ1n) is 9.97. The van der Waals surface area contributed by atoms with E-state index in [1.807, 2.05) is 35.2 Å². The summed E-state index contributed by atoms with van der Waals surface area (Å²) in [5.41, 5.74) is 6.65. The van der Waals surface area contributed by atoms with E-state index in [9.17, 15) is 18.0 Å². The Labute approximate surface area is 183 Å². The molecule has 2 aromatic heterocycles. The van der Waals surface area contributed by atoms with E-state index >= 15 is 0 Å². The molecule has 4 rings (SSSR count). The van der Waals surface area contributed by atoms with Gasteiger partial charge in [0, 0.05) is 48.2 Å². The van der Waals surface area contributed by atoms with Gasteiger partial charge in [-0.3, -0.25) is 9.78 Å². The molecule has 9 heteroatoms. The summed E-state index contributed by atoms with van der Waals surface area (Å²) in [6.07, 6.45) is -0.715. The lowest BCUT2D eigenvalue weighted by Crippen LogP contribution is -2.25. The Morgan fingerprint density at radius 2 is 1.94 bits per heavy atom. The number of hydrogen-bond donors (Lipinski definition) is 1. The maximum Gasteiger partial charge on any atom is 0.417 e. The van der Waals surface area contributed by atoms with Crippen LogP contribution in [0.5, 0.6) is 5.88 Å². The largest absolute Gasteiger partial charge is 0.472 e. The third-order valence-corrected chi connectivity index (χ3v) is 4.95. The molecular weight excluding hydrogens is 421 g/mol. The number of alkyl halides is 3. The number of aldehydes is 1. The van der Waals surface area contributed by atoms with Gasteiger partial charge in [0.1, 0.15) is 6.10 Å². The van der Waals surface area contributed by atoms with Crippen LogP contribution in [0.1, 0.15) is 22.3 Å². The van der Waals surface area contributed by atoms with Gasteiger partial charge in [-0.25, -0.2) is 4.98 Å². The Balaban J connectivity index is 0.00000141. The van der Waals surface area contributed by atoms with Gasteiger partial charge in [0.25, 0.3) is 0 Å². The van der Waals surface area contributed by atoms with Crippen LogP contribution in [0.4, 0.5) is 18.9 Å². The lowest BCUT2D eigenvalue weighted by atomic mass is 10.1. The fraction of sp³-hybridized carbons (Fsp3) is 0.261. The zero-order valence-electron chi connectivity index (χ0n) is 17.4. The number of rotatable bonds is 5. The second-order valence-corrected chi connectivity index (χ2v) is 6.96. The molecule has 3 aromatic rings. The second kappa shape index (κ2) is 10.2. The smallest absolute Gasteiger partial charge is 0.417 e. The van der Waals surface area contributed by atoms with Crippen LogP contribution >= 0.6 is 0 Å². The Hall–Kier alpha value is -3.46. The summed E-state index contributed by atoms with van der Waals surface area (Å²) in [5.74, 6) is 0.149. The number of halogens is 3. The van der Waals surface area contributed by atoms with Crippen LogP contribution in [0, 0.1) is 0 Å². The number of ether oxygens (including phenoxy) is 1. The minimum absolute atomic E-state index is 0.149. The highest BCUT2D eigenvalue weighted by atomic mass is 19.4. The normalized spacial score (nSPS) is 15.7. The van der Waals surface area contributed by atoms with Crippen LogP contribution in [0.2, 0.25) is 0 Å². The van der Waals surface area contributed by atoms with Gasteiger partial charge in [-0.2, -0.15) is 13.2 Å². The summed E-state index contributed by atoms with van der Waals surface area (Å²) in [7, 11) is 1.50. The number of nitrogens with zero attached hydrogens (tertiary/aromatic N) is 3. The second-order valence-electron chi connectivity index (χ2n) is 6.96. The van der Waals surface area contributed by atoms with Crippen LogP contribution in [0.3, 0.4) is 0 Å². The Morgan fingerprint density at radius 1 is 1.12 bits per heavy atom. The van der Waals surface area contributed by atoms with Gasteiger partial charge >= 0.3 is 6.18 Å². The molecule has 168 valence electrons. The van der Waals surface area contributed by atoms with E-state index < -0.39 is 11.7 Å². The lowest BCUT2D eigenvalue weighted by molar-refractivity contribution is -0.137. The van der Waals surface area contributed by atoms with E-state index in [-0.39, 0.29) is 12.0 Å². The predicted molar refractivity (Wildman–Crippen MR) is 116 cm³/mol. The molecule has 1 saturated heterocycles. The third-order valence-electron chi connectivity index (χ3n) is 4.95. The molecule has 0 radical (unpaired) electrons. The average molecular weight is 444 g/mol. The number of benzene rings is 1. The maximum absolute atomic E-state index is 12.7. The molecule has 3 heterocycles. The maximum atomic E-state index is 12.7. The zero-order valence-corrected chi connectivity index (χ0v) is 17.4. The minimum atomic E-state index is -4.43. The lowest BCUT2D eigenvalue weighted by Gasteiger charge is -2.21. The van der Waals surface area contributed by atoms with E-state index in [0.29, 0.717) is 25.1 Å². The Morgan fingerprint density at radius 3 is 2.56 bits per heavy atom. The summed E-state index contributed by atoms with van der Waals surface area (Å²) in [6, 6.07) is 13.4. The van der Waals surface area contributed by atoms with Crippen molar-refractivity contribution >= 4 is 12.0 Å². The van der Waals surface area contributed by atoms with E-state index in [2.05, 4.69) is 15.7 Å². The molecule has 0 unspecified atom stereocenters. The fourth-order valence-corrected chi connectivity index (χ4v) is 3.46. The first kappa shape index (κ1) is 23.2. The van der Waals surface area contributed by atoms with E-state index in [1.165, 1.54) is 13.1 Å². The van der Waals surface area contributed by atoms with Crippen molar-refractivity contribution in [3.63, 3.8) is 0 Å². The number of carbonyl (C=O) groups is 1. The van der Waals surface area contributed by atoms with E-state index in [0.717, 1.165) is 35.5 Å². The topological polar surface area (TPSA) is 81.3 Å². The number of nitrogens with two attached hydrogens (primary N) is 1. The van der Waals surface area contributed by atoms with Gasteiger partial charge in [-0.05, 0) is 37.4 Å². The molecule has 1 aromatic carbocycles. The minimum Gasteiger partial charge on any atom is -0.472 e. The van der Waals surface area contributed by atoms with Crippen molar-refractivity contribution in [1.29, 1.82) is 0 Å². The van der Waals surface area contributed by atoms with E-state index in [4.69, 9.17) is 4.74 Å². The molecule has 1 aliphatic rings. The van der Waals surface area contributed by atoms with Gasteiger partial charge in [0.15, 0.2) is 6.29 Å². The molecule has 0 amide bonds. The van der Waals surface area contributed by atoms with Crippen LogP contribution in [-0.4, -0.2) is 42.5 Å². The molecule has 1 atom stereocenters. The van der Waals surface area contributed by atoms with Crippen molar-refractivity contribution in [3.8, 4) is 17.1 Å². The molecule has 0 spiro atoms. The molecule has 0 saturated carbocycles. The summed E-state index contributed by atoms with van der Waals surface area (Å²) in [5, 5.41) is 0. The van der Waals surface area contributed by atoms with Crippen molar-refractivity contribution in [2.24, 2.45) is 5.73 Å². The van der Waals surface area contributed by atoms with Gasteiger partial charge in [0.2, 0.25) is 5.88 Å². The highest BCUT2D eigenvalue weighted by Gasteiger charge is 2.31. The summed E-state index contributed by atoms with van der Waals surface area (Å²) in [4.78, 5) is 21.8. The van der Waals surface area contributed by atoms with Crippen LogP contribution < -0.4 is 15.4 Å². The number of anilines is 1. The van der Waals surface area contributed by atoms with Gasteiger partial charge < -0.3 is 15.4 Å². The summed E-state index contributed by atoms with van der Waals surface area (Å²) >= 11 is 0. The number of hydrogen-bond acceptors (Lipinski definition) is 6. The highest BCUT2D eigenvalue weighted by Crippen LogP contribution is 2.31. The first-order valence-corrected chi connectivity index (χ1v) is 9.97. The van der Waals surface area contributed by atoms with Crippen LogP contribution in [0.25, 0.3) is 11.3 Å². The Bertz CT molecular complexity index is 1030. The number of aromatic nitrogens is 2. The molecule has 1 fully saturated rings. The van der Waals surface area contributed by atoms with Crippen molar-refractivity contribution in [1.82, 2.24) is 9.97 Å². The molecule has 2 N–H and O–H groups in total. The molecular formula is C23H23F3N4O2. The van der Waals surface area contributed by atoms with Crippen molar-refractivity contribution < 1.29 is 22.7 Å². The Kier molecular flexibility index (Phi) is 7.42. The molecule has 6 nitrogen and oxygen atoms in total.